The number of fused-ring (bicyclic) bond motifs is 1. The van der Waals surface area contributed by atoms with Gasteiger partial charge in [0.05, 0.1) is 4.92 Å². The first kappa shape index (κ1) is 12.9. The van der Waals surface area contributed by atoms with E-state index in [-0.39, 0.29) is 5.69 Å². The lowest BCUT2D eigenvalue weighted by molar-refractivity contribution is -0.384. The van der Waals surface area contributed by atoms with Gasteiger partial charge >= 0.3 is 0 Å². The summed E-state index contributed by atoms with van der Waals surface area (Å²) in [5.74, 6) is 0.612. The number of piperidine rings is 1. The quantitative estimate of drug-likeness (QED) is 0.656. The molecular formula is C13H16N4O3. The van der Waals surface area contributed by atoms with Gasteiger partial charge in [-0.2, -0.15) is 4.98 Å². The van der Waals surface area contributed by atoms with Crippen molar-refractivity contribution in [1.29, 1.82) is 0 Å². The van der Waals surface area contributed by atoms with E-state index in [4.69, 9.17) is 4.42 Å². The molecule has 106 valence electrons. The van der Waals surface area contributed by atoms with Gasteiger partial charge in [0.15, 0.2) is 5.58 Å². The molecular weight excluding hydrogens is 260 g/mol. The molecule has 1 fully saturated rings. The van der Waals surface area contributed by atoms with Gasteiger partial charge in [0.2, 0.25) is 0 Å². The Balaban J connectivity index is 1.70. The summed E-state index contributed by atoms with van der Waals surface area (Å²) < 4.78 is 5.53. The molecule has 2 aromatic rings. The summed E-state index contributed by atoms with van der Waals surface area (Å²) in [4.78, 5) is 14.5. The van der Waals surface area contributed by atoms with Crippen LogP contribution in [0.25, 0.3) is 11.1 Å². The summed E-state index contributed by atoms with van der Waals surface area (Å²) in [5.41, 5.74) is 1.09. The summed E-state index contributed by atoms with van der Waals surface area (Å²) in [6.07, 6.45) is 2.28. The van der Waals surface area contributed by atoms with Crippen molar-refractivity contribution in [3.63, 3.8) is 0 Å². The molecule has 0 saturated carbocycles. The van der Waals surface area contributed by atoms with Gasteiger partial charge in [-0.1, -0.05) is 0 Å². The van der Waals surface area contributed by atoms with Crippen LogP contribution < -0.4 is 10.6 Å². The van der Waals surface area contributed by atoms with Crippen molar-refractivity contribution in [2.75, 3.05) is 25.0 Å². The molecule has 0 aliphatic carbocycles. The van der Waals surface area contributed by atoms with E-state index in [0.29, 0.717) is 23.0 Å². The molecule has 3 rings (SSSR count). The topological polar surface area (TPSA) is 93.2 Å². The molecule has 1 saturated heterocycles. The third-order valence-corrected chi connectivity index (χ3v) is 3.58. The van der Waals surface area contributed by atoms with E-state index in [1.165, 1.54) is 12.1 Å². The maximum atomic E-state index is 10.7. The van der Waals surface area contributed by atoms with Crippen LogP contribution in [0.4, 0.5) is 11.7 Å². The fourth-order valence-corrected chi connectivity index (χ4v) is 2.42. The number of nitro groups is 1. The van der Waals surface area contributed by atoms with Crippen molar-refractivity contribution in [1.82, 2.24) is 10.3 Å². The van der Waals surface area contributed by atoms with Gasteiger partial charge in [-0.25, -0.2) is 0 Å². The Morgan fingerprint density at radius 3 is 3.00 bits per heavy atom. The maximum Gasteiger partial charge on any atom is 0.295 e. The molecule has 1 aromatic heterocycles. The number of nitrogens with zero attached hydrogens (tertiary/aromatic N) is 2. The van der Waals surface area contributed by atoms with Crippen LogP contribution in [-0.4, -0.2) is 29.5 Å². The van der Waals surface area contributed by atoms with Gasteiger partial charge in [-0.3, -0.25) is 10.1 Å². The predicted molar refractivity (Wildman–Crippen MR) is 74.7 cm³/mol. The lowest BCUT2D eigenvalue weighted by Crippen LogP contribution is -2.31. The summed E-state index contributed by atoms with van der Waals surface area (Å²) >= 11 is 0. The predicted octanol–water partition coefficient (Wildman–Crippen LogP) is 2.15. The Morgan fingerprint density at radius 1 is 1.45 bits per heavy atom. The fourth-order valence-electron chi connectivity index (χ4n) is 2.42. The van der Waals surface area contributed by atoms with Crippen molar-refractivity contribution >= 4 is 22.8 Å². The van der Waals surface area contributed by atoms with Crippen LogP contribution in [0.5, 0.6) is 0 Å². The summed E-state index contributed by atoms with van der Waals surface area (Å²) in [5, 5.41) is 17.2. The average Bonchev–Trinajstić information content (AvgIpc) is 2.88. The number of oxazole rings is 1. The van der Waals surface area contributed by atoms with E-state index in [1.807, 2.05) is 0 Å². The minimum atomic E-state index is -0.434. The highest BCUT2D eigenvalue weighted by molar-refractivity contribution is 5.77. The van der Waals surface area contributed by atoms with Crippen LogP contribution in [-0.2, 0) is 0 Å². The molecule has 0 amide bonds. The zero-order valence-electron chi connectivity index (χ0n) is 11.0. The largest absolute Gasteiger partial charge is 0.424 e. The molecule has 1 aliphatic rings. The van der Waals surface area contributed by atoms with E-state index < -0.39 is 4.92 Å². The van der Waals surface area contributed by atoms with E-state index in [2.05, 4.69) is 15.6 Å². The van der Waals surface area contributed by atoms with Gasteiger partial charge in [0.1, 0.15) is 5.52 Å². The number of rotatable bonds is 4. The fraction of sp³-hybridized carbons (Fsp3) is 0.462. The van der Waals surface area contributed by atoms with Crippen molar-refractivity contribution in [3.05, 3.63) is 28.3 Å². The highest BCUT2D eigenvalue weighted by atomic mass is 16.6. The highest BCUT2D eigenvalue weighted by Crippen LogP contribution is 2.24. The van der Waals surface area contributed by atoms with E-state index in [0.717, 1.165) is 32.5 Å². The highest BCUT2D eigenvalue weighted by Gasteiger charge is 2.15. The molecule has 2 heterocycles. The average molecular weight is 276 g/mol. The summed E-state index contributed by atoms with van der Waals surface area (Å²) in [7, 11) is 0. The van der Waals surface area contributed by atoms with Gasteiger partial charge in [-0.05, 0) is 37.9 Å². The van der Waals surface area contributed by atoms with Gasteiger partial charge in [0.25, 0.3) is 11.7 Å². The van der Waals surface area contributed by atoms with Crippen LogP contribution in [0.15, 0.2) is 22.6 Å². The van der Waals surface area contributed by atoms with Crippen LogP contribution in [0.2, 0.25) is 0 Å². The second-order valence-corrected chi connectivity index (χ2v) is 5.00. The summed E-state index contributed by atoms with van der Waals surface area (Å²) in [6, 6.07) is 4.86. The third-order valence-electron chi connectivity index (χ3n) is 3.58. The van der Waals surface area contributed by atoms with Crippen molar-refractivity contribution in [2.24, 2.45) is 5.92 Å². The molecule has 7 nitrogen and oxygen atoms in total. The van der Waals surface area contributed by atoms with Gasteiger partial charge in [-0.15, -0.1) is 0 Å². The SMILES string of the molecule is O=[N+]([O-])c1ccc2oc(NCC3CCNCC3)nc2c1. The Labute approximate surface area is 115 Å². The molecule has 1 aliphatic heterocycles. The first-order chi connectivity index (χ1) is 9.72. The molecule has 0 bridgehead atoms. The molecule has 0 atom stereocenters. The number of nitro benzene ring substituents is 1. The number of benzene rings is 1. The van der Waals surface area contributed by atoms with Gasteiger partial charge in [0, 0.05) is 18.7 Å². The number of nitrogens with one attached hydrogen (secondary N) is 2. The standard InChI is InChI=1S/C13H16N4O3/c18-17(19)10-1-2-12-11(7-10)16-13(20-12)15-8-9-3-5-14-6-4-9/h1-2,7,9,14H,3-6,8H2,(H,15,16). The Hall–Kier alpha value is -2.15. The second-order valence-electron chi connectivity index (χ2n) is 5.00. The summed E-state index contributed by atoms with van der Waals surface area (Å²) in [6.45, 7) is 2.91. The smallest absolute Gasteiger partial charge is 0.295 e. The molecule has 0 radical (unpaired) electrons. The first-order valence-corrected chi connectivity index (χ1v) is 6.72. The van der Waals surface area contributed by atoms with Gasteiger partial charge < -0.3 is 15.1 Å². The second kappa shape index (κ2) is 5.46. The minimum absolute atomic E-state index is 0.0238. The van der Waals surface area contributed by atoms with E-state index in [9.17, 15) is 10.1 Å². The zero-order chi connectivity index (χ0) is 13.9. The zero-order valence-corrected chi connectivity index (χ0v) is 11.0. The Morgan fingerprint density at radius 2 is 2.25 bits per heavy atom. The van der Waals surface area contributed by atoms with Crippen LogP contribution in [0, 0.1) is 16.0 Å². The Kier molecular flexibility index (Phi) is 3.51. The molecule has 2 N–H and O–H groups in total. The van der Waals surface area contributed by atoms with E-state index in [1.54, 1.807) is 6.07 Å². The van der Waals surface area contributed by atoms with Crippen LogP contribution >= 0.6 is 0 Å². The lowest BCUT2D eigenvalue weighted by Gasteiger charge is -2.22. The molecule has 0 spiro atoms. The van der Waals surface area contributed by atoms with Crippen LogP contribution in [0.3, 0.4) is 0 Å². The number of anilines is 1. The first-order valence-electron chi connectivity index (χ1n) is 6.72. The molecule has 20 heavy (non-hydrogen) atoms. The van der Waals surface area contributed by atoms with Crippen LogP contribution in [0.1, 0.15) is 12.8 Å². The normalized spacial score (nSPS) is 16.4. The van der Waals surface area contributed by atoms with Crippen molar-refractivity contribution < 1.29 is 9.34 Å². The Bertz CT molecular complexity index is 619. The third kappa shape index (κ3) is 2.72. The monoisotopic (exact) mass is 276 g/mol. The van der Waals surface area contributed by atoms with Crippen molar-refractivity contribution in [3.8, 4) is 0 Å². The minimum Gasteiger partial charge on any atom is -0.424 e. The van der Waals surface area contributed by atoms with E-state index >= 15 is 0 Å². The molecule has 0 unspecified atom stereocenters. The number of non-ortho nitro benzene ring substituents is 1. The maximum absolute atomic E-state index is 10.7. The lowest BCUT2D eigenvalue weighted by atomic mass is 9.98. The number of hydrogen-bond acceptors (Lipinski definition) is 6. The van der Waals surface area contributed by atoms with Crippen molar-refractivity contribution in [2.45, 2.75) is 12.8 Å². The molecule has 7 heteroatoms. The molecule has 1 aromatic carbocycles. The number of aromatic nitrogens is 1. The number of hydrogen-bond donors (Lipinski definition) is 2.